The number of nitrogens with one attached hydrogen (secondary N) is 1. The highest BCUT2D eigenvalue weighted by atomic mass is 32.1. The van der Waals surface area contributed by atoms with Crippen LogP contribution in [0.4, 0.5) is 0 Å². The fraction of sp³-hybridized carbons (Fsp3) is 0.400. The van der Waals surface area contributed by atoms with Crippen molar-refractivity contribution in [3.63, 3.8) is 0 Å². The van der Waals surface area contributed by atoms with Crippen LogP contribution in [0, 0.1) is 5.92 Å². The second-order valence-corrected chi connectivity index (χ2v) is 8.27. The molecular formula is C20H23N3O3S. The molecule has 3 heterocycles. The molecule has 0 aromatic carbocycles. The van der Waals surface area contributed by atoms with E-state index in [0.29, 0.717) is 38.0 Å². The summed E-state index contributed by atoms with van der Waals surface area (Å²) < 4.78 is 5.23. The molecule has 0 spiro atoms. The van der Waals surface area contributed by atoms with Crippen molar-refractivity contribution in [3.8, 4) is 0 Å². The third-order valence-corrected chi connectivity index (χ3v) is 6.35. The smallest absolute Gasteiger partial charge is 0.252 e. The van der Waals surface area contributed by atoms with E-state index in [1.165, 1.54) is 0 Å². The van der Waals surface area contributed by atoms with Gasteiger partial charge in [0.05, 0.1) is 18.3 Å². The van der Waals surface area contributed by atoms with Crippen molar-refractivity contribution in [2.75, 3.05) is 13.1 Å². The molecule has 1 atom stereocenters. The van der Waals surface area contributed by atoms with Crippen LogP contribution in [0.1, 0.15) is 36.0 Å². The van der Waals surface area contributed by atoms with Crippen LogP contribution in [0.3, 0.4) is 0 Å². The fourth-order valence-electron chi connectivity index (χ4n) is 3.82. The molecule has 2 aliphatic rings. The Morgan fingerprint density at radius 2 is 2.15 bits per heavy atom. The maximum absolute atomic E-state index is 13.0. The Morgan fingerprint density at radius 3 is 2.81 bits per heavy atom. The minimum Gasteiger partial charge on any atom is -0.467 e. The van der Waals surface area contributed by atoms with Gasteiger partial charge < -0.3 is 20.4 Å². The SMILES string of the molecule is CC1(N)C(C(=O)N2CCC(C(=O)NCc3ccco3)CC2)=Cc2sccc21. The zero-order valence-corrected chi connectivity index (χ0v) is 16.1. The summed E-state index contributed by atoms with van der Waals surface area (Å²) >= 11 is 1.60. The molecule has 2 aromatic heterocycles. The highest BCUT2D eigenvalue weighted by molar-refractivity contribution is 7.11. The maximum atomic E-state index is 13.0. The van der Waals surface area contributed by atoms with E-state index in [4.69, 9.17) is 10.2 Å². The molecule has 0 bridgehead atoms. The Kier molecular flexibility index (Phi) is 4.65. The summed E-state index contributed by atoms with van der Waals surface area (Å²) in [6.07, 6.45) is 4.83. The van der Waals surface area contributed by atoms with Gasteiger partial charge in [0.2, 0.25) is 5.91 Å². The van der Waals surface area contributed by atoms with Gasteiger partial charge in [-0.1, -0.05) is 0 Å². The van der Waals surface area contributed by atoms with Crippen molar-refractivity contribution in [1.82, 2.24) is 10.2 Å². The fourth-order valence-corrected chi connectivity index (χ4v) is 4.76. The minimum atomic E-state index is -0.746. The molecule has 0 saturated carbocycles. The number of likely N-dealkylation sites (tertiary alicyclic amines) is 1. The first-order chi connectivity index (χ1) is 13.0. The van der Waals surface area contributed by atoms with E-state index < -0.39 is 5.54 Å². The Bertz CT molecular complexity index is 874. The number of nitrogens with two attached hydrogens (primary N) is 1. The highest BCUT2D eigenvalue weighted by Gasteiger charge is 2.40. The van der Waals surface area contributed by atoms with Gasteiger partial charge in [0.15, 0.2) is 0 Å². The number of hydrogen-bond acceptors (Lipinski definition) is 5. The predicted octanol–water partition coefficient (Wildman–Crippen LogP) is 2.47. The number of fused-ring (bicyclic) bond motifs is 1. The van der Waals surface area contributed by atoms with Gasteiger partial charge in [0.25, 0.3) is 5.91 Å². The Balaban J connectivity index is 1.33. The van der Waals surface area contributed by atoms with Gasteiger partial charge in [-0.05, 0) is 55.0 Å². The van der Waals surface area contributed by atoms with Crippen LogP contribution in [-0.2, 0) is 21.7 Å². The molecule has 2 aromatic rings. The zero-order chi connectivity index (χ0) is 19.0. The number of nitrogens with zero attached hydrogens (tertiary/aromatic N) is 1. The monoisotopic (exact) mass is 385 g/mol. The number of furan rings is 1. The molecule has 142 valence electrons. The van der Waals surface area contributed by atoms with Crippen molar-refractivity contribution in [2.24, 2.45) is 11.7 Å². The standard InChI is InChI=1S/C20H23N3O3S/c1-20(21)15-6-10-27-17(15)11-16(20)19(25)23-7-4-13(5-8-23)18(24)22-12-14-3-2-9-26-14/h2-3,6,9-11,13H,4-5,7-8,12,21H2,1H3,(H,22,24). The van der Waals surface area contributed by atoms with E-state index in [1.807, 2.05) is 35.4 Å². The molecule has 0 radical (unpaired) electrons. The number of rotatable bonds is 4. The number of amides is 2. The molecule has 1 aliphatic heterocycles. The lowest BCUT2D eigenvalue weighted by Gasteiger charge is -2.34. The van der Waals surface area contributed by atoms with Crippen molar-refractivity contribution in [2.45, 2.75) is 31.8 Å². The van der Waals surface area contributed by atoms with Gasteiger partial charge in [0.1, 0.15) is 5.76 Å². The van der Waals surface area contributed by atoms with E-state index in [1.54, 1.807) is 23.7 Å². The summed E-state index contributed by atoms with van der Waals surface area (Å²) in [5.74, 6) is 0.661. The second kappa shape index (κ2) is 6.98. The summed E-state index contributed by atoms with van der Waals surface area (Å²) in [6, 6.07) is 5.62. The van der Waals surface area contributed by atoms with Crippen LogP contribution >= 0.6 is 11.3 Å². The lowest BCUT2D eigenvalue weighted by atomic mass is 9.89. The molecule has 1 aliphatic carbocycles. The summed E-state index contributed by atoms with van der Waals surface area (Å²) in [4.78, 5) is 28.3. The quantitative estimate of drug-likeness (QED) is 0.846. The topological polar surface area (TPSA) is 88.6 Å². The third-order valence-electron chi connectivity index (χ3n) is 5.49. The molecule has 6 nitrogen and oxygen atoms in total. The average Bonchev–Trinajstić information content (AvgIpc) is 3.39. The zero-order valence-electron chi connectivity index (χ0n) is 15.2. The normalized spacial score (nSPS) is 22.4. The van der Waals surface area contributed by atoms with E-state index in [9.17, 15) is 9.59 Å². The van der Waals surface area contributed by atoms with E-state index in [2.05, 4.69) is 5.32 Å². The maximum Gasteiger partial charge on any atom is 0.252 e. The van der Waals surface area contributed by atoms with E-state index >= 15 is 0 Å². The summed E-state index contributed by atoms with van der Waals surface area (Å²) in [6.45, 7) is 3.42. The first kappa shape index (κ1) is 18.0. The van der Waals surface area contributed by atoms with Crippen LogP contribution in [0.5, 0.6) is 0 Å². The molecular weight excluding hydrogens is 362 g/mol. The van der Waals surface area contributed by atoms with Gasteiger partial charge in [0, 0.05) is 29.5 Å². The van der Waals surface area contributed by atoms with Gasteiger partial charge >= 0.3 is 0 Å². The van der Waals surface area contributed by atoms with Crippen LogP contribution < -0.4 is 11.1 Å². The third kappa shape index (κ3) is 3.33. The van der Waals surface area contributed by atoms with Crippen LogP contribution in [-0.4, -0.2) is 29.8 Å². The Hall–Kier alpha value is -2.38. The number of carbonyl (C=O) groups is 2. The van der Waals surface area contributed by atoms with Gasteiger partial charge in [-0.3, -0.25) is 9.59 Å². The molecule has 1 unspecified atom stereocenters. The Morgan fingerprint density at radius 1 is 1.37 bits per heavy atom. The molecule has 1 fully saturated rings. The number of piperidine rings is 1. The van der Waals surface area contributed by atoms with Crippen LogP contribution in [0.2, 0.25) is 0 Å². The second-order valence-electron chi connectivity index (χ2n) is 7.32. The number of hydrogen-bond donors (Lipinski definition) is 2. The number of thiophene rings is 1. The number of carbonyl (C=O) groups excluding carboxylic acids is 2. The molecule has 1 saturated heterocycles. The molecule has 27 heavy (non-hydrogen) atoms. The van der Waals surface area contributed by atoms with Gasteiger partial charge in [-0.15, -0.1) is 11.3 Å². The van der Waals surface area contributed by atoms with Crippen molar-refractivity contribution in [3.05, 3.63) is 51.6 Å². The molecule has 3 N–H and O–H groups in total. The molecule has 2 amide bonds. The lowest BCUT2D eigenvalue weighted by Crippen LogP contribution is -2.47. The average molecular weight is 385 g/mol. The summed E-state index contributed by atoms with van der Waals surface area (Å²) in [5.41, 5.74) is 7.38. The lowest BCUT2D eigenvalue weighted by molar-refractivity contribution is -0.133. The van der Waals surface area contributed by atoms with E-state index in [0.717, 1.165) is 16.2 Å². The summed E-state index contributed by atoms with van der Waals surface area (Å²) in [5, 5.41) is 4.91. The first-order valence-electron chi connectivity index (χ1n) is 9.15. The molecule has 7 heteroatoms. The molecule has 4 rings (SSSR count). The Labute approximate surface area is 162 Å². The van der Waals surface area contributed by atoms with E-state index in [-0.39, 0.29) is 17.7 Å². The largest absolute Gasteiger partial charge is 0.467 e. The van der Waals surface area contributed by atoms with Gasteiger partial charge in [-0.2, -0.15) is 0 Å². The summed E-state index contributed by atoms with van der Waals surface area (Å²) in [7, 11) is 0. The van der Waals surface area contributed by atoms with Gasteiger partial charge in [-0.25, -0.2) is 0 Å². The first-order valence-corrected chi connectivity index (χ1v) is 10.0. The van der Waals surface area contributed by atoms with Crippen molar-refractivity contribution in [1.29, 1.82) is 0 Å². The van der Waals surface area contributed by atoms with Crippen molar-refractivity contribution < 1.29 is 14.0 Å². The minimum absolute atomic E-state index is 0.0159. The van der Waals surface area contributed by atoms with Crippen LogP contribution in [0.25, 0.3) is 6.08 Å². The predicted molar refractivity (Wildman–Crippen MR) is 104 cm³/mol. The highest BCUT2D eigenvalue weighted by Crippen LogP contribution is 2.41. The van der Waals surface area contributed by atoms with Crippen molar-refractivity contribution >= 4 is 29.2 Å². The van der Waals surface area contributed by atoms with Crippen LogP contribution in [0.15, 0.2) is 39.8 Å².